The van der Waals surface area contributed by atoms with E-state index in [2.05, 4.69) is 15.9 Å². The summed E-state index contributed by atoms with van der Waals surface area (Å²) >= 11 is 3.39. The zero-order valence-electron chi connectivity index (χ0n) is 7.09. The Hall–Kier alpha value is -0.410. The van der Waals surface area contributed by atoms with E-state index in [1.165, 1.54) is 6.07 Å². The molecule has 0 amide bonds. The zero-order valence-corrected chi connectivity index (χ0v) is 8.68. The average Bonchev–Trinajstić information content (AvgIpc) is 2.04. The summed E-state index contributed by atoms with van der Waals surface area (Å²) in [4.78, 5) is 1.84. The summed E-state index contributed by atoms with van der Waals surface area (Å²) in [5.41, 5.74) is 0.669. The van der Waals surface area contributed by atoms with E-state index in [-0.39, 0.29) is 10.8 Å². The van der Waals surface area contributed by atoms with Crippen LogP contribution in [0.2, 0.25) is 0 Å². The summed E-state index contributed by atoms with van der Waals surface area (Å²) in [5.74, 6) is -0.173. The topological polar surface area (TPSA) is 3.24 Å². The lowest BCUT2D eigenvalue weighted by Gasteiger charge is -2.18. The fourth-order valence-electron chi connectivity index (χ4n) is 0.946. The van der Waals surface area contributed by atoms with Gasteiger partial charge in [0, 0.05) is 5.56 Å². The van der Waals surface area contributed by atoms with Crippen molar-refractivity contribution in [3.8, 4) is 0 Å². The number of alkyl halides is 1. The van der Waals surface area contributed by atoms with Crippen LogP contribution in [0.15, 0.2) is 24.3 Å². The van der Waals surface area contributed by atoms with Crippen LogP contribution in [0, 0.1) is 5.82 Å². The Balaban J connectivity index is 2.94. The molecule has 0 heterocycles. The van der Waals surface area contributed by atoms with Crippen molar-refractivity contribution in [1.82, 2.24) is 4.90 Å². The maximum atomic E-state index is 13.1. The lowest BCUT2D eigenvalue weighted by molar-refractivity contribution is 0.388. The Morgan fingerprint density at radius 3 is 2.42 bits per heavy atom. The summed E-state index contributed by atoms with van der Waals surface area (Å²) in [6.07, 6.45) is 0. The molecule has 0 fully saturated rings. The van der Waals surface area contributed by atoms with Crippen molar-refractivity contribution in [3.05, 3.63) is 35.6 Å². The molecule has 66 valence electrons. The van der Waals surface area contributed by atoms with E-state index >= 15 is 0 Å². The molecule has 0 aromatic heterocycles. The molecular formula is C9H11BrFN. The molecule has 1 atom stereocenters. The van der Waals surface area contributed by atoms with Crippen molar-refractivity contribution in [2.75, 3.05) is 14.1 Å². The Morgan fingerprint density at radius 1 is 1.33 bits per heavy atom. The predicted molar refractivity (Wildman–Crippen MR) is 51.8 cm³/mol. The first-order valence-corrected chi connectivity index (χ1v) is 4.59. The van der Waals surface area contributed by atoms with Gasteiger partial charge in [0.15, 0.2) is 0 Å². The molecule has 0 aliphatic heterocycles. The summed E-state index contributed by atoms with van der Waals surface area (Å²) in [7, 11) is 3.79. The molecule has 1 nitrogen and oxygen atoms in total. The van der Waals surface area contributed by atoms with Crippen LogP contribution in [0.25, 0.3) is 0 Å². The maximum absolute atomic E-state index is 13.1. The highest BCUT2D eigenvalue weighted by Gasteiger charge is 2.12. The fourth-order valence-corrected chi connectivity index (χ4v) is 1.32. The monoisotopic (exact) mass is 231 g/mol. The Bertz CT molecular complexity index is 262. The molecule has 1 aromatic carbocycles. The van der Waals surface area contributed by atoms with Crippen molar-refractivity contribution in [3.63, 3.8) is 0 Å². The van der Waals surface area contributed by atoms with E-state index < -0.39 is 0 Å². The molecular weight excluding hydrogens is 221 g/mol. The smallest absolute Gasteiger partial charge is 0.128 e. The van der Waals surface area contributed by atoms with E-state index in [0.29, 0.717) is 5.56 Å². The number of halogens is 2. The van der Waals surface area contributed by atoms with Crippen LogP contribution in [0.3, 0.4) is 0 Å². The molecule has 1 rings (SSSR count). The summed E-state index contributed by atoms with van der Waals surface area (Å²) in [6.45, 7) is 0. The average molecular weight is 232 g/mol. The van der Waals surface area contributed by atoms with E-state index in [0.717, 1.165) is 0 Å². The SMILES string of the molecule is CN(C)C(Br)c1ccccc1F. The van der Waals surface area contributed by atoms with Gasteiger partial charge in [0.2, 0.25) is 0 Å². The molecule has 0 spiro atoms. The van der Waals surface area contributed by atoms with Gasteiger partial charge < -0.3 is 0 Å². The molecule has 12 heavy (non-hydrogen) atoms. The van der Waals surface area contributed by atoms with Crippen molar-refractivity contribution in [1.29, 1.82) is 0 Å². The molecule has 0 bridgehead atoms. The quantitative estimate of drug-likeness (QED) is 0.559. The molecule has 0 N–H and O–H groups in total. The van der Waals surface area contributed by atoms with E-state index in [1.54, 1.807) is 12.1 Å². The molecule has 1 unspecified atom stereocenters. The third-order valence-electron chi connectivity index (χ3n) is 1.62. The van der Waals surface area contributed by atoms with Gasteiger partial charge >= 0.3 is 0 Å². The third kappa shape index (κ3) is 2.05. The van der Waals surface area contributed by atoms with E-state index in [4.69, 9.17) is 0 Å². The lowest BCUT2D eigenvalue weighted by Crippen LogP contribution is -2.15. The van der Waals surface area contributed by atoms with Gasteiger partial charge in [0.1, 0.15) is 5.82 Å². The molecule has 0 saturated carbocycles. The van der Waals surface area contributed by atoms with Gasteiger partial charge in [-0.25, -0.2) is 4.39 Å². The van der Waals surface area contributed by atoms with Crippen molar-refractivity contribution < 1.29 is 4.39 Å². The Morgan fingerprint density at radius 2 is 1.92 bits per heavy atom. The minimum atomic E-state index is -0.173. The summed E-state index contributed by atoms with van der Waals surface area (Å²) < 4.78 is 13.1. The minimum Gasteiger partial charge on any atom is -0.293 e. The number of rotatable bonds is 2. The van der Waals surface area contributed by atoms with Gasteiger partial charge in [0.05, 0.1) is 4.95 Å². The number of benzene rings is 1. The molecule has 0 radical (unpaired) electrons. The van der Waals surface area contributed by atoms with E-state index in [9.17, 15) is 4.39 Å². The second-order valence-electron chi connectivity index (χ2n) is 2.82. The van der Waals surface area contributed by atoms with Gasteiger partial charge in [-0.3, -0.25) is 4.90 Å². The third-order valence-corrected chi connectivity index (χ3v) is 2.93. The van der Waals surface area contributed by atoms with Gasteiger partial charge in [-0.1, -0.05) is 34.1 Å². The normalized spacial score (nSPS) is 13.4. The fraction of sp³-hybridized carbons (Fsp3) is 0.333. The number of hydrogen-bond acceptors (Lipinski definition) is 1. The highest BCUT2D eigenvalue weighted by Crippen LogP contribution is 2.26. The second-order valence-corrected chi connectivity index (χ2v) is 3.69. The molecule has 0 aliphatic carbocycles. The second kappa shape index (κ2) is 4.01. The number of nitrogens with zero attached hydrogens (tertiary/aromatic N) is 1. The summed E-state index contributed by atoms with van der Waals surface area (Å²) in [6, 6.07) is 6.76. The van der Waals surface area contributed by atoms with Crippen LogP contribution in [-0.2, 0) is 0 Å². The standard InChI is InChI=1S/C9H11BrFN/c1-12(2)9(10)7-5-3-4-6-8(7)11/h3-6,9H,1-2H3. The first-order valence-electron chi connectivity index (χ1n) is 3.68. The summed E-state index contributed by atoms with van der Waals surface area (Å²) in [5, 5.41) is 0. The van der Waals surface area contributed by atoms with Crippen LogP contribution in [0.5, 0.6) is 0 Å². The van der Waals surface area contributed by atoms with Crippen LogP contribution >= 0.6 is 15.9 Å². The lowest BCUT2D eigenvalue weighted by atomic mass is 10.2. The highest BCUT2D eigenvalue weighted by molar-refractivity contribution is 9.09. The maximum Gasteiger partial charge on any atom is 0.128 e. The van der Waals surface area contributed by atoms with Gasteiger partial charge in [-0.05, 0) is 20.2 Å². The first-order chi connectivity index (χ1) is 5.63. The van der Waals surface area contributed by atoms with Crippen LogP contribution in [-0.4, -0.2) is 19.0 Å². The predicted octanol–water partition coefficient (Wildman–Crippen LogP) is 2.78. The van der Waals surface area contributed by atoms with Crippen LogP contribution in [0.4, 0.5) is 4.39 Å². The van der Waals surface area contributed by atoms with Crippen LogP contribution in [0.1, 0.15) is 10.5 Å². The Kier molecular flexibility index (Phi) is 3.23. The molecule has 0 saturated heterocycles. The highest BCUT2D eigenvalue weighted by atomic mass is 79.9. The Labute approximate surface area is 80.3 Å². The van der Waals surface area contributed by atoms with Gasteiger partial charge in [-0.2, -0.15) is 0 Å². The van der Waals surface area contributed by atoms with Crippen molar-refractivity contribution >= 4 is 15.9 Å². The largest absolute Gasteiger partial charge is 0.293 e. The number of hydrogen-bond donors (Lipinski definition) is 0. The molecule has 3 heteroatoms. The van der Waals surface area contributed by atoms with Gasteiger partial charge in [0.25, 0.3) is 0 Å². The molecule has 0 aliphatic rings. The first kappa shape index (κ1) is 9.68. The van der Waals surface area contributed by atoms with Crippen molar-refractivity contribution in [2.45, 2.75) is 4.95 Å². The van der Waals surface area contributed by atoms with Crippen LogP contribution < -0.4 is 0 Å². The molecule has 1 aromatic rings. The van der Waals surface area contributed by atoms with Crippen molar-refractivity contribution in [2.24, 2.45) is 0 Å². The minimum absolute atomic E-state index is 0.0568. The van der Waals surface area contributed by atoms with E-state index in [1.807, 2.05) is 25.1 Å². The zero-order chi connectivity index (χ0) is 9.14. The van der Waals surface area contributed by atoms with Gasteiger partial charge in [-0.15, -0.1) is 0 Å².